The highest BCUT2D eigenvalue weighted by atomic mass is 35.5. The number of rotatable bonds is 4. The molecule has 0 amide bonds. The molecule has 3 rings (SSSR count). The Labute approximate surface area is 122 Å². The first-order valence-electron chi connectivity index (χ1n) is 6.57. The molecule has 0 aliphatic carbocycles. The quantitative estimate of drug-likeness (QED) is 0.801. The van der Waals surface area contributed by atoms with Gasteiger partial charge in [0.2, 0.25) is 0 Å². The summed E-state index contributed by atoms with van der Waals surface area (Å²) in [5, 5.41) is 3.89. The Kier molecular flexibility index (Phi) is 3.67. The van der Waals surface area contributed by atoms with E-state index in [2.05, 4.69) is 22.2 Å². The number of halogens is 1. The maximum absolute atomic E-state index is 6.36. The molecule has 0 unspecified atom stereocenters. The number of aromatic nitrogens is 3. The Morgan fingerprint density at radius 1 is 1.25 bits per heavy atom. The second kappa shape index (κ2) is 5.61. The van der Waals surface area contributed by atoms with Crippen molar-refractivity contribution in [2.75, 3.05) is 6.54 Å². The van der Waals surface area contributed by atoms with E-state index in [1.807, 2.05) is 41.1 Å². The molecule has 0 saturated carbocycles. The van der Waals surface area contributed by atoms with E-state index in [-0.39, 0.29) is 0 Å². The van der Waals surface area contributed by atoms with Gasteiger partial charge in [-0.1, -0.05) is 30.7 Å². The van der Waals surface area contributed by atoms with Crippen LogP contribution in [0, 0.1) is 0 Å². The monoisotopic (exact) mass is 286 g/mol. The zero-order valence-electron chi connectivity index (χ0n) is 11.2. The normalized spacial score (nSPS) is 11.1. The molecule has 102 valence electrons. The van der Waals surface area contributed by atoms with E-state index in [1.165, 1.54) is 0 Å². The van der Waals surface area contributed by atoms with Gasteiger partial charge < -0.3 is 5.32 Å². The fourth-order valence-corrected chi connectivity index (χ4v) is 2.42. The van der Waals surface area contributed by atoms with Crippen molar-refractivity contribution in [3.63, 3.8) is 0 Å². The molecule has 3 aromatic rings. The highest BCUT2D eigenvalue weighted by Gasteiger charge is 2.09. The molecule has 0 bridgehead atoms. The summed E-state index contributed by atoms with van der Waals surface area (Å²) in [7, 11) is 0. The van der Waals surface area contributed by atoms with Crippen LogP contribution in [0.15, 0.2) is 42.9 Å². The SMILES string of the molecule is CCNCc1cnc(-n2cnc3ccccc32)c(Cl)c1. The Morgan fingerprint density at radius 2 is 2.10 bits per heavy atom. The zero-order valence-corrected chi connectivity index (χ0v) is 11.9. The Balaban J connectivity index is 2.02. The summed E-state index contributed by atoms with van der Waals surface area (Å²) in [6.07, 6.45) is 3.60. The van der Waals surface area contributed by atoms with Crippen LogP contribution in [0.1, 0.15) is 12.5 Å². The van der Waals surface area contributed by atoms with Crippen molar-refractivity contribution in [2.24, 2.45) is 0 Å². The molecule has 2 aromatic heterocycles. The minimum atomic E-state index is 0.628. The van der Waals surface area contributed by atoms with Crippen LogP contribution in [-0.4, -0.2) is 21.1 Å². The third kappa shape index (κ3) is 2.40. The van der Waals surface area contributed by atoms with Crippen molar-refractivity contribution in [3.05, 3.63) is 53.4 Å². The van der Waals surface area contributed by atoms with E-state index in [9.17, 15) is 0 Å². The molecule has 20 heavy (non-hydrogen) atoms. The van der Waals surface area contributed by atoms with Gasteiger partial charge in [0, 0.05) is 12.7 Å². The lowest BCUT2D eigenvalue weighted by Gasteiger charge is -2.08. The van der Waals surface area contributed by atoms with Crippen molar-refractivity contribution < 1.29 is 0 Å². The third-order valence-electron chi connectivity index (χ3n) is 3.14. The number of nitrogens with one attached hydrogen (secondary N) is 1. The van der Waals surface area contributed by atoms with Crippen LogP contribution in [-0.2, 0) is 6.54 Å². The van der Waals surface area contributed by atoms with Crippen molar-refractivity contribution in [2.45, 2.75) is 13.5 Å². The second-order valence-electron chi connectivity index (χ2n) is 4.53. The molecule has 0 aliphatic heterocycles. The maximum atomic E-state index is 6.36. The molecule has 0 atom stereocenters. The number of para-hydroxylation sites is 2. The smallest absolute Gasteiger partial charge is 0.157 e. The van der Waals surface area contributed by atoms with E-state index >= 15 is 0 Å². The van der Waals surface area contributed by atoms with Crippen LogP contribution in [0.3, 0.4) is 0 Å². The standard InChI is InChI=1S/C15H15ClN4/c1-2-17-8-11-7-12(16)15(18-9-11)20-10-19-13-5-3-4-6-14(13)20/h3-7,9-10,17H,2,8H2,1H3. The van der Waals surface area contributed by atoms with Crippen LogP contribution < -0.4 is 5.32 Å². The van der Waals surface area contributed by atoms with Crippen LogP contribution in [0.4, 0.5) is 0 Å². The molecule has 1 N–H and O–H groups in total. The number of imidazole rings is 1. The van der Waals surface area contributed by atoms with Crippen molar-refractivity contribution in [1.29, 1.82) is 0 Å². The van der Waals surface area contributed by atoms with Crippen molar-refractivity contribution in [3.8, 4) is 5.82 Å². The lowest BCUT2D eigenvalue weighted by Crippen LogP contribution is -2.12. The van der Waals surface area contributed by atoms with E-state index in [0.29, 0.717) is 10.8 Å². The summed E-state index contributed by atoms with van der Waals surface area (Å²) in [6.45, 7) is 3.76. The zero-order chi connectivity index (χ0) is 13.9. The molecule has 0 spiro atoms. The van der Waals surface area contributed by atoms with E-state index in [1.54, 1.807) is 6.33 Å². The molecular formula is C15H15ClN4. The summed E-state index contributed by atoms with van der Waals surface area (Å²) in [6, 6.07) is 9.87. The Hall–Kier alpha value is -1.91. The first kappa shape index (κ1) is 13.1. The van der Waals surface area contributed by atoms with Gasteiger partial charge in [-0.25, -0.2) is 9.97 Å². The molecular weight excluding hydrogens is 272 g/mol. The lowest BCUT2D eigenvalue weighted by atomic mass is 10.2. The van der Waals surface area contributed by atoms with E-state index in [0.717, 1.165) is 29.7 Å². The molecule has 0 saturated heterocycles. The van der Waals surface area contributed by atoms with E-state index in [4.69, 9.17) is 11.6 Å². The number of hydrogen-bond acceptors (Lipinski definition) is 3. The number of hydrogen-bond donors (Lipinski definition) is 1. The topological polar surface area (TPSA) is 42.7 Å². The third-order valence-corrected chi connectivity index (χ3v) is 3.42. The number of pyridine rings is 1. The lowest BCUT2D eigenvalue weighted by molar-refractivity contribution is 0.724. The van der Waals surface area contributed by atoms with Crippen LogP contribution in [0.2, 0.25) is 5.02 Å². The molecule has 2 heterocycles. The maximum Gasteiger partial charge on any atom is 0.157 e. The van der Waals surface area contributed by atoms with Gasteiger partial charge in [0.05, 0.1) is 16.1 Å². The number of nitrogens with zero attached hydrogens (tertiary/aromatic N) is 3. The van der Waals surface area contributed by atoms with Gasteiger partial charge in [0.1, 0.15) is 6.33 Å². The average Bonchev–Trinajstić information content (AvgIpc) is 2.89. The van der Waals surface area contributed by atoms with Crippen molar-refractivity contribution in [1.82, 2.24) is 19.9 Å². The van der Waals surface area contributed by atoms with Gasteiger partial charge in [-0.2, -0.15) is 0 Å². The average molecular weight is 287 g/mol. The minimum absolute atomic E-state index is 0.628. The Bertz CT molecular complexity index is 736. The first-order chi connectivity index (χ1) is 9.79. The molecule has 1 aromatic carbocycles. The summed E-state index contributed by atoms with van der Waals surface area (Å²) < 4.78 is 1.91. The number of fused-ring (bicyclic) bond motifs is 1. The highest BCUT2D eigenvalue weighted by molar-refractivity contribution is 6.32. The number of benzene rings is 1. The first-order valence-corrected chi connectivity index (χ1v) is 6.95. The largest absolute Gasteiger partial charge is 0.313 e. The molecule has 5 heteroatoms. The summed E-state index contributed by atoms with van der Waals surface area (Å²) >= 11 is 6.36. The fraction of sp³-hybridized carbons (Fsp3) is 0.200. The summed E-state index contributed by atoms with van der Waals surface area (Å²) in [5.41, 5.74) is 3.01. The van der Waals surface area contributed by atoms with Crippen molar-refractivity contribution >= 4 is 22.6 Å². The Morgan fingerprint density at radius 3 is 2.90 bits per heavy atom. The van der Waals surface area contributed by atoms with Gasteiger partial charge >= 0.3 is 0 Å². The molecule has 0 aliphatic rings. The van der Waals surface area contributed by atoms with Gasteiger partial charge in [-0.3, -0.25) is 4.57 Å². The van der Waals surface area contributed by atoms with Crippen LogP contribution in [0.5, 0.6) is 0 Å². The highest BCUT2D eigenvalue weighted by Crippen LogP contribution is 2.23. The molecule has 0 fully saturated rings. The van der Waals surface area contributed by atoms with Crippen LogP contribution >= 0.6 is 11.6 Å². The summed E-state index contributed by atoms with van der Waals surface area (Å²) in [4.78, 5) is 8.83. The van der Waals surface area contributed by atoms with Gasteiger partial charge in [0.15, 0.2) is 5.82 Å². The predicted octanol–water partition coefficient (Wildman–Crippen LogP) is 3.18. The summed E-state index contributed by atoms with van der Waals surface area (Å²) in [5.74, 6) is 0.709. The fourth-order valence-electron chi connectivity index (χ4n) is 2.14. The van der Waals surface area contributed by atoms with Gasteiger partial charge in [0.25, 0.3) is 0 Å². The molecule has 4 nitrogen and oxygen atoms in total. The minimum Gasteiger partial charge on any atom is -0.313 e. The second-order valence-corrected chi connectivity index (χ2v) is 4.94. The van der Waals surface area contributed by atoms with Gasteiger partial charge in [-0.05, 0) is 30.3 Å². The van der Waals surface area contributed by atoms with E-state index < -0.39 is 0 Å². The molecule has 0 radical (unpaired) electrons. The van der Waals surface area contributed by atoms with Gasteiger partial charge in [-0.15, -0.1) is 0 Å². The van der Waals surface area contributed by atoms with Crippen LogP contribution in [0.25, 0.3) is 16.9 Å². The predicted molar refractivity (Wildman–Crippen MR) is 81.3 cm³/mol.